The highest BCUT2D eigenvalue weighted by Gasteiger charge is 2.20. The fraction of sp³-hybridized carbons (Fsp3) is 0.800. The van der Waals surface area contributed by atoms with Crippen molar-refractivity contribution in [3.05, 3.63) is 0 Å². The Kier molecular flexibility index (Phi) is 17.0. The van der Waals surface area contributed by atoms with Crippen LogP contribution in [0.15, 0.2) is 0 Å². The highest BCUT2D eigenvalue weighted by atomic mass is 33.1. The van der Waals surface area contributed by atoms with Crippen LogP contribution >= 0.6 is 21.6 Å². The minimum absolute atomic E-state index is 0.0567. The number of Topliss-reactive ketones (excluding diaryl/α,β-unsaturated/α-hetero) is 2. The molecule has 0 bridgehead atoms. The van der Waals surface area contributed by atoms with Crippen LogP contribution in [0.2, 0.25) is 0 Å². The van der Waals surface area contributed by atoms with Gasteiger partial charge in [-0.3, -0.25) is 24.0 Å². The molecule has 0 rings (SSSR count). The van der Waals surface area contributed by atoms with E-state index in [-0.39, 0.29) is 64.7 Å². The molecule has 0 aliphatic carbocycles. The van der Waals surface area contributed by atoms with Gasteiger partial charge in [-0.05, 0) is 26.7 Å². The molecule has 0 fully saturated rings. The molecule has 0 saturated heterocycles. The van der Waals surface area contributed by atoms with Gasteiger partial charge in [0.25, 0.3) is 0 Å². The van der Waals surface area contributed by atoms with Gasteiger partial charge < -0.3 is 15.0 Å². The maximum atomic E-state index is 12.3. The van der Waals surface area contributed by atoms with Crippen LogP contribution in [0.3, 0.4) is 0 Å². The van der Waals surface area contributed by atoms with Crippen LogP contribution in [-0.4, -0.2) is 71.0 Å². The molecule has 1 N–H and O–H groups in total. The Hall–Kier alpha value is -1.55. The Morgan fingerprint density at radius 3 is 2.00 bits per heavy atom. The van der Waals surface area contributed by atoms with Gasteiger partial charge in [-0.15, -0.1) is 0 Å². The van der Waals surface area contributed by atoms with Crippen molar-refractivity contribution in [1.82, 2.24) is 10.2 Å². The highest BCUT2D eigenvalue weighted by molar-refractivity contribution is 8.77. The van der Waals surface area contributed by atoms with Crippen LogP contribution < -0.4 is 5.32 Å². The second-order valence-electron chi connectivity index (χ2n) is 9.63. The molecule has 0 aromatic heterocycles. The fourth-order valence-electron chi connectivity index (χ4n) is 2.91. The van der Waals surface area contributed by atoms with Crippen LogP contribution in [0.4, 0.5) is 0 Å². The summed E-state index contributed by atoms with van der Waals surface area (Å²) in [7, 11) is 4.88. The molecule has 202 valence electrons. The summed E-state index contributed by atoms with van der Waals surface area (Å²) < 4.78 is 5.24. The van der Waals surface area contributed by atoms with Gasteiger partial charge in [-0.25, -0.2) is 0 Å². The minimum atomic E-state index is -0.590. The summed E-state index contributed by atoms with van der Waals surface area (Å²) in [4.78, 5) is 61.3. The van der Waals surface area contributed by atoms with E-state index in [0.717, 1.165) is 6.42 Å². The summed E-state index contributed by atoms with van der Waals surface area (Å²) in [5.74, 6) is -1.02. The zero-order valence-electron chi connectivity index (χ0n) is 22.5. The molecule has 0 spiro atoms. The molecule has 0 saturated carbocycles. The van der Waals surface area contributed by atoms with Gasteiger partial charge >= 0.3 is 5.97 Å². The number of carbonyl (C=O) groups is 5. The first kappa shape index (κ1) is 33.4. The van der Waals surface area contributed by atoms with E-state index in [4.69, 9.17) is 4.74 Å². The third kappa shape index (κ3) is 15.9. The molecule has 10 heteroatoms. The van der Waals surface area contributed by atoms with Crippen molar-refractivity contribution in [2.45, 2.75) is 97.1 Å². The number of hydrogen-bond acceptors (Lipinski definition) is 8. The topological polar surface area (TPSA) is 110 Å². The molecule has 0 aliphatic heterocycles. The molecular formula is C25H44N2O6S2. The lowest BCUT2D eigenvalue weighted by atomic mass is 10.0. The second kappa shape index (κ2) is 17.8. The van der Waals surface area contributed by atoms with E-state index in [9.17, 15) is 24.0 Å². The number of rotatable bonds is 18. The van der Waals surface area contributed by atoms with E-state index < -0.39 is 6.04 Å². The van der Waals surface area contributed by atoms with Crippen LogP contribution in [-0.2, 0) is 28.7 Å². The number of likely N-dealkylation sites (N-methyl/N-ethyl adjacent to an activating group) is 1. The number of nitrogens with zero attached hydrogens (tertiary/aromatic N) is 1. The number of carbonyl (C=O) groups excluding carboxylic acids is 5. The predicted molar refractivity (Wildman–Crippen MR) is 143 cm³/mol. The number of nitrogens with one attached hydrogen (secondary N) is 1. The number of hydrogen-bond donors (Lipinski definition) is 1. The Morgan fingerprint density at radius 1 is 0.829 bits per heavy atom. The predicted octanol–water partition coefficient (Wildman–Crippen LogP) is 4.05. The first-order chi connectivity index (χ1) is 16.2. The van der Waals surface area contributed by atoms with Gasteiger partial charge in [-0.1, -0.05) is 56.2 Å². The summed E-state index contributed by atoms with van der Waals surface area (Å²) in [6.07, 6.45) is 2.18. The quantitative estimate of drug-likeness (QED) is 0.208. The maximum Gasteiger partial charge on any atom is 0.308 e. The smallest absolute Gasteiger partial charge is 0.308 e. The minimum Gasteiger partial charge on any atom is -0.464 e. The van der Waals surface area contributed by atoms with Gasteiger partial charge in [0.2, 0.25) is 11.8 Å². The summed E-state index contributed by atoms with van der Waals surface area (Å²) in [6, 6.07) is -0.590. The molecule has 0 aromatic carbocycles. The molecule has 2 amide bonds. The first-order valence-corrected chi connectivity index (χ1v) is 14.6. The molecular weight excluding hydrogens is 488 g/mol. The third-order valence-corrected chi connectivity index (χ3v) is 8.62. The fourth-order valence-corrected chi connectivity index (χ4v) is 5.22. The zero-order chi connectivity index (χ0) is 27.1. The summed E-state index contributed by atoms with van der Waals surface area (Å²) in [6.45, 7) is 13.1. The number of esters is 1. The lowest BCUT2D eigenvalue weighted by Crippen LogP contribution is -2.45. The van der Waals surface area contributed by atoms with Crippen LogP contribution in [0.1, 0.15) is 80.6 Å². The molecule has 0 aromatic rings. The normalized spacial score (nSPS) is 13.8. The summed E-state index contributed by atoms with van der Waals surface area (Å²) in [5.41, 5.74) is 0. The summed E-state index contributed by atoms with van der Waals surface area (Å²) in [5, 5.41) is 3.07. The largest absolute Gasteiger partial charge is 0.464 e. The van der Waals surface area contributed by atoms with E-state index in [1.54, 1.807) is 63.3 Å². The molecule has 0 radical (unpaired) electrons. The Labute approximate surface area is 218 Å². The van der Waals surface area contributed by atoms with Crippen molar-refractivity contribution in [1.29, 1.82) is 0 Å². The Balaban J connectivity index is 4.08. The third-order valence-electron chi connectivity index (χ3n) is 5.17. The van der Waals surface area contributed by atoms with Gasteiger partial charge in [-0.2, -0.15) is 0 Å². The van der Waals surface area contributed by atoms with E-state index in [1.807, 2.05) is 6.92 Å². The SMILES string of the molecule is CC(CCC(=O)CCCC(=O)N(C)CC(=O)N[C@@H](C)C(=O)C(C)C)SSC(C)COC(=O)C(C)C. The lowest BCUT2D eigenvalue weighted by molar-refractivity contribution is -0.147. The van der Waals surface area contributed by atoms with Crippen molar-refractivity contribution in [2.24, 2.45) is 11.8 Å². The van der Waals surface area contributed by atoms with Crippen molar-refractivity contribution < 1.29 is 28.7 Å². The molecule has 0 aliphatic rings. The number of ether oxygens (including phenoxy) is 1. The second-order valence-corrected chi connectivity index (χ2v) is 12.8. The van der Waals surface area contributed by atoms with Gasteiger partial charge in [0.05, 0.1) is 18.5 Å². The molecule has 3 atom stereocenters. The molecule has 35 heavy (non-hydrogen) atoms. The molecule has 0 heterocycles. The standard InChI is InChI=1S/C25H44N2O6S2/c1-16(2)24(31)20(7)26-22(29)14-27(8)23(30)11-9-10-21(28)13-12-18(5)34-35-19(6)15-33-25(32)17(3)4/h16-20H,9-15H2,1-8H3,(H,26,29)/t18?,19?,20-/m0/s1. The number of amides is 2. The van der Waals surface area contributed by atoms with E-state index in [1.165, 1.54) is 4.90 Å². The van der Waals surface area contributed by atoms with Gasteiger partial charge in [0, 0.05) is 42.7 Å². The van der Waals surface area contributed by atoms with Crippen LogP contribution in [0.25, 0.3) is 0 Å². The highest BCUT2D eigenvalue weighted by Crippen LogP contribution is 2.33. The average molecular weight is 533 g/mol. The van der Waals surface area contributed by atoms with Crippen LogP contribution in [0.5, 0.6) is 0 Å². The average Bonchev–Trinajstić information content (AvgIpc) is 2.78. The van der Waals surface area contributed by atoms with Crippen molar-refractivity contribution in [2.75, 3.05) is 20.2 Å². The summed E-state index contributed by atoms with van der Waals surface area (Å²) >= 11 is 0. The van der Waals surface area contributed by atoms with E-state index >= 15 is 0 Å². The lowest BCUT2D eigenvalue weighted by Gasteiger charge is -2.19. The van der Waals surface area contributed by atoms with E-state index in [0.29, 0.717) is 25.9 Å². The van der Waals surface area contributed by atoms with Crippen LogP contribution in [0, 0.1) is 11.8 Å². The monoisotopic (exact) mass is 532 g/mol. The van der Waals surface area contributed by atoms with Gasteiger partial charge in [0.15, 0.2) is 5.78 Å². The van der Waals surface area contributed by atoms with Crippen molar-refractivity contribution in [3.63, 3.8) is 0 Å². The zero-order valence-corrected chi connectivity index (χ0v) is 24.2. The van der Waals surface area contributed by atoms with E-state index in [2.05, 4.69) is 12.2 Å². The number of ketones is 2. The van der Waals surface area contributed by atoms with Crippen molar-refractivity contribution >= 4 is 50.9 Å². The Bertz CT molecular complexity index is 714. The first-order valence-electron chi connectivity index (χ1n) is 12.3. The molecule has 2 unspecified atom stereocenters. The maximum absolute atomic E-state index is 12.3. The van der Waals surface area contributed by atoms with Crippen molar-refractivity contribution in [3.8, 4) is 0 Å². The molecule has 8 nitrogen and oxygen atoms in total. The Morgan fingerprint density at radius 2 is 1.43 bits per heavy atom. The van der Waals surface area contributed by atoms with Gasteiger partial charge in [0.1, 0.15) is 12.4 Å².